The van der Waals surface area contributed by atoms with Crippen LogP contribution in [-0.4, -0.2) is 31.0 Å². The fourth-order valence-corrected chi connectivity index (χ4v) is 2.78. The number of amidine groups is 1. The fraction of sp³-hybridized carbons (Fsp3) is 0.417. The summed E-state index contributed by atoms with van der Waals surface area (Å²) in [6.07, 6.45) is 0.909. The lowest BCUT2D eigenvalue weighted by molar-refractivity contribution is 0.636. The summed E-state index contributed by atoms with van der Waals surface area (Å²) in [5.41, 5.74) is 1.30. The summed E-state index contributed by atoms with van der Waals surface area (Å²) in [5, 5.41) is 6.83. The number of benzene rings is 1. The summed E-state index contributed by atoms with van der Waals surface area (Å²) >= 11 is 3.49. The summed E-state index contributed by atoms with van der Waals surface area (Å²) in [7, 11) is 0. The molecule has 1 fully saturated rings. The predicted octanol–water partition coefficient (Wildman–Crippen LogP) is 1.33. The van der Waals surface area contributed by atoms with Crippen LogP contribution >= 0.6 is 15.9 Å². The van der Waals surface area contributed by atoms with E-state index in [2.05, 4.69) is 44.8 Å². The fourth-order valence-electron chi connectivity index (χ4n) is 2.34. The van der Waals surface area contributed by atoms with Crippen molar-refractivity contribution in [3.05, 3.63) is 34.3 Å². The van der Waals surface area contributed by atoms with Crippen molar-refractivity contribution in [3.63, 3.8) is 0 Å². The van der Waals surface area contributed by atoms with E-state index in [0.717, 1.165) is 29.8 Å². The molecule has 2 aliphatic heterocycles. The van der Waals surface area contributed by atoms with Crippen molar-refractivity contribution >= 4 is 21.8 Å². The Hall–Kier alpha value is -0.870. The summed E-state index contributed by atoms with van der Waals surface area (Å²) in [4.78, 5) is 4.70. The Labute approximate surface area is 103 Å². The van der Waals surface area contributed by atoms with Gasteiger partial charge in [-0.1, -0.05) is 28.1 Å². The zero-order chi connectivity index (χ0) is 11.0. The number of hydrogen-bond acceptors (Lipinski definition) is 3. The van der Waals surface area contributed by atoms with Gasteiger partial charge in [0.15, 0.2) is 0 Å². The molecule has 1 aromatic rings. The molecule has 1 aromatic carbocycles. The number of aliphatic imine (C=N–C) groups is 1. The van der Waals surface area contributed by atoms with Gasteiger partial charge in [0.05, 0.1) is 12.1 Å². The largest absolute Gasteiger partial charge is 0.367 e. The van der Waals surface area contributed by atoms with Gasteiger partial charge in [-0.15, -0.1) is 0 Å². The van der Waals surface area contributed by atoms with Gasteiger partial charge in [0.1, 0.15) is 5.84 Å². The van der Waals surface area contributed by atoms with Crippen molar-refractivity contribution in [2.45, 2.75) is 18.5 Å². The number of hydrogen-bond donors (Lipinski definition) is 2. The molecule has 4 heteroatoms. The zero-order valence-corrected chi connectivity index (χ0v) is 10.5. The van der Waals surface area contributed by atoms with E-state index in [1.807, 2.05) is 6.07 Å². The molecule has 1 saturated heterocycles. The lowest BCUT2D eigenvalue weighted by Crippen LogP contribution is -2.35. The van der Waals surface area contributed by atoms with Crippen molar-refractivity contribution < 1.29 is 0 Å². The molecule has 0 aliphatic carbocycles. The van der Waals surface area contributed by atoms with Crippen molar-refractivity contribution in [1.29, 1.82) is 0 Å². The summed E-state index contributed by atoms with van der Waals surface area (Å²) in [6.45, 7) is 2.05. The summed E-state index contributed by atoms with van der Waals surface area (Å²) in [6, 6.07) is 9.37. The van der Waals surface area contributed by atoms with Gasteiger partial charge in [-0.2, -0.15) is 0 Å². The van der Waals surface area contributed by atoms with Crippen LogP contribution in [0.25, 0.3) is 0 Å². The molecule has 0 bridgehead atoms. The SMILES string of the molecule is Brc1cccc(CC2=NC3CNCC3N2)c1. The molecular weight excluding hydrogens is 266 g/mol. The maximum Gasteiger partial charge on any atom is 0.102 e. The summed E-state index contributed by atoms with van der Waals surface area (Å²) in [5.74, 6) is 1.13. The monoisotopic (exact) mass is 279 g/mol. The molecule has 0 spiro atoms. The second-order valence-corrected chi connectivity index (χ2v) is 5.27. The van der Waals surface area contributed by atoms with Crippen LogP contribution in [0.5, 0.6) is 0 Å². The highest BCUT2D eigenvalue weighted by molar-refractivity contribution is 9.10. The number of rotatable bonds is 2. The first kappa shape index (κ1) is 10.3. The Morgan fingerprint density at radius 3 is 3.12 bits per heavy atom. The Balaban J connectivity index is 1.72. The molecule has 84 valence electrons. The van der Waals surface area contributed by atoms with Crippen LogP contribution in [0.2, 0.25) is 0 Å². The molecule has 0 saturated carbocycles. The highest BCUT2D eigenvalue weighted by Crippen LogP contribution is 2.16. The van der Waals surface area contributed by atoms with Crippen LogP contribution in [0.4, 0.5) is 0 Å². The molecule has 2 heterocycles. The van der Waals surface area contributed by atoms with Crippen molar-refractivity contribution in [3.8, 4) is 0 Å². The van der Waals surface area contributed by atoms with E-state index in [1.54, 1.807) is 0 Å². The first-order chi connectivity index (χ1) is 7.81. The third-order valence-corrected chi connectivity index (χ3v) is 3.61. The van der Waals surface area contributed by atoms with E-state index >= 15 is 0 Å². The quantitative estimate of drug-likeness (QED) is 0.857. The minimum Gasteiger partial charge on any atom is -0.367 e. The van der Waals surface area contributed by atoms with Crippen LogP contribution in [0, 0.1) is 0 Å². The van der Waals surface area contributed by atoms with Gasteiger partial charge < -0.3 is 10.6 Å². The number of halogens is 1. The molecule has 3 nitrogen and oxygen atoms in total. The van der Waals surface area contributed by atoms with E-state index in [-0.39, 0.29) is 0 Å². The molecule has 2 unspecified atom stereocenters. The van der Waals surface area contributed by atoms with Crippen LogP contribution < -0.4 is 10.6 Å². The lowest BCUT2D eigenvalue weighted by atomic mass is 10.1. The van der Waals surface area contributed by atoms with Crippen LogP contribution in [-0.2, 0) is 6.42 Å². The molecule has 3 rings (SSSR count). The molecule has 0 aromatic heterocycles. The zero-order valence-electron chi connectivity index (χ0n) is 8.91. The third kappa shape index (κ3) is 1.99. The van der Waals surface area contributed by atoms with Gasteiger partial charge in [-0.25, -0.2) is 0 Å². The van der Waals surface area contributed by atoms with Gasteiger partial charge in [-0.05, 0) is 17.7 Å². The van der Waals surface area contributed by atoms with Gasteiger partial charge in [0.2, 0.25) is 0 Å². The van der Waals surface area contributed by atoms with Gasteiger partial charge >= 0.3 is 0 Å². The maximum atomic E-state index is 4.70. The highest BCUT2D eigenvalue weighted by atomic mass is 79.9. The molecule has 2 N–H and O–H groups in total. The van der Waals surface area contributed by atoms with E-state index in [9.17, 15) is 0 Å². The number of nitrogens with one attached hydrogen (secondary N) is 2. The van der Waals surface area contributed by atoms with Gasteiger partial charge in [0.25, 0.3) is 0 Å². The van der Waals surface area contributed by atoms with E-state index in [4.69, 9.17) is 4.99 Å². The average Bonchev–Trinajstić information content (AvgIpc) is 2.77. The van der Waals surface area contributed by atoms with Crippen molar-refractivity contribution in [2.24, 2.45) is 4.99 Å². The van der Waals surface area contributed by atoms with Gasteiger partial charge in [0, 0.05) is 24.0 Å². The minimum atomic E-state index is 0.446. The average molecular weight is 280 g/mol. The maximum absolute atomic E-state index is 4.70. The standard InChI is InChI=1S/C12H14BrN3/c13-9-3-1-2-8(4-9)5-12-15-10-6-14-7-11(10)16-12/h1-4,10-11,14H,5-7H2,(H,15,16). The number of nitrogens with zero attached hydrogens (tertiary/aromatic N) is 1. The smallest absolute Gasteiger partial charge is 0.102 e. The summed E-state index contributed by atoms with van der Waals surface area (Å²) < 4.78 is 1.13. The first-order valence-electron chi connectivity index (χ1n) is 5.59. The molecule has 2 atom stereocenters. The van der Waals surface area contributed by atoms with Crippen LogP contribution in [0.1, 0.15) is 5.56 Å². The van der Waals surface area contributed by atoms with Crippen molar-refractivity contribution in [1.82, 2.24) is 10.6 Å². The van der Waals surface area contributed by atoms with E-state index in [1.165, 1.54) is 5.56 Å². The van der Waals surface area contributed by atoms with E-state index in [0.29, 0.717) is 12.1 Å². The van der Waals surface area contributed by atoms with E-state index < -0.39 is 0 Å². The molecule has 0 radical (unpaired) electrons. The normalized spacial score (nSPS) is 27.4. The van der Waals surface area contributed by atoms with Crippen LogP contribution in [0.3, 0.4) is 0 Å². The second-order valence-electron chi connectivity index (χ2n) is 4.36. The van der Waals surface area contributed by atoms with Crippen molar-refractivity contribution in [2.75, 3.05) is 13.1 Å². The topological polar surface area (TPSA) is 36.4 Å². The predicted molar refractivity (Wildman–Crippen MR) is 68.9 cm³/mol. The minimum absolute atomic E-state index is 0.446. The molecule has 0 amide bonds. The Kier molecular flexibility index (Phi) is 2.69. The molecule has 2 aliphatic rings. The van der Waals surface area contributed by atoms with Gasteiger partial charge in [-0.3, -0.25) is 4.99 Å². The Morgan fingerprint density at radius 2 is 2.31 bits per heavy atom. The lowest BCUT2D eigenvalue weighted by Gasteiger charge is -2.08. The third-order valence-electron chi connectivity index (χ3n) is 3.12. The molecular formula is C12H14BrN3. The molecule has 16 heavy (non-hydrogen) atoms. The second kappa shape index (κ2) is 4.18. The highest BCUT2D eigenvalue weighted by Gasteiger charge is 2.32. The van der Waals surface area contributed by atoms with Crippen LogP contribution in [0.15, 0.2) is 33.7 Å². The Morgan fingerprint density at radius 1 is 1.38 bits per heavy atom. The Bertz CT molecular complexity index is 430. The number of fused-ring (bicyclic) bond motifs is 1. The first-order valence-corrected chi connectivity index (χ1v) is 6.39.